The lowest BCUT2D eigenvalue weighted by Crippen LogP contribution is -2.37. The van der Waals surface area contributed by atoms with Gasteiger partial charge in [-0.05, 0) is 18.8 Å². The first-order valence-electron chi connectivity index (χ1n) is 4.97. The van der Waals surface area contributed by atoms with Crippen LogP contribution in [0.25, 0.3) is 0 Å². The molecule has 5 heteroatoms. The third kappa shape index (κ3) is 6.62. The van der Waals surface area contributed by atoms with Gasteiger partial charge in [0.15, 0.2) is 0 Å². The molecule has 1 unspecified atom stereocenters. The van der Waals surface area contributed by atoms with Gasteiger partial charge in [0.1, 0.15) is 0 Å². The van der Waals surface area contributed by atoms with E-state index in [9.17, 15) is 8.42 Å². The molecule has 3 nitrogen and oxygen atoms in total. The van der Waals surface area contributed by atoms with Crippen LogP contribution >= 0.6 is 11.6 Å². The maximum absolute atomic E-state index is 11.5. The van der Waals surface area contributed by atoms with Crippen LogP contribution < -0.4 is 4.72 Å². The van der Waals surface area contributed by atoms with E-state index in [-0.39, 0.29) is 11.8 Å². The molecule has 0 saturated heterocycles. The fourth-order valence-corrected chi connectivity index (χ4v) is 2.97. The van der Waals surface area contributed by atoms with Crippen molar-refractivity contribution in [3.63, 3.8) is 0 Å². The van der Waals surface area contributed by atoms with Crippen molar-refractivity contribution in [2.24, 2.45) is 5.92 Å². The molecular formula is C9H20ClNO2S. The van der Waals surface area contributed by atoms with E-state index in [0.717, 1.165) is 6.42 Å². The largest absolute Gasteiger partial charge is 0.212 e. The summed E-state index contributed by atoms with van der Waals surface area (Å²) in [5.41, 5.74) is 0. The molecule has 86 valence electrons. The van der Waals surface area contributed by atoms with E-state index in [4.69, 9.17) is 11.6 Å². The molecule has 0 radical (unpaired) electrons. The van der Waals surface area contributed by atoms with Crippen LogP contribution in [0, 0.1) is 5.92 Å². The van der Waals surface area contributed by atoms with Gasteiger partial charge in [-0.25, -0.2) is 13.1 Å². The number of hydrogen-bond acceptors (Lipinski definition) is 2. The summed E-state index contributed by atoms with van der Waals surface area (Å²) in [6, 6.07) is -0.131. The number of hydrogen-bond donors (Lipinski definition) is 1. The number of sulfonamides is 1. The molecule has 0 aliphatic heterocycles. The molecule has 0 fully saturated rings. The SMILES string of the molecule is CCC(CCl)NS(=O)(=O)CCC(C)C. The monoisotopic (exact) mass is 241 g/mol. The second-order valence-corrected chi connectivity index (χ2v) is 6.06. The lowest BCUT2D eigenvalue weighted by molar-refractivity contribution is 0.543. The molecule has 14 heavy (non-hydrogen) atoms. The van der Waals surface area contributed by atoms with Gasteiger partial charge in [0, 0.05) is 11.9 Å². The van der Waals surface area contributed by atoms with Crippen molar-refractivity contribution in [2.75, 3.05) is 11.6 Å². The molecule has 0 heterocycles. The van der Waals surface area contributed by atoms with Crippen molar-refractivity contribution in [1.82, 2.24) is 4.72 Å². The molecule has 1 N–H and O–H groups in total. The number of alkyl halides is 1. The van der Waals surface area contributed by atoms with E-state index < -0.39 is 10.0 Å². The van der Waals surface area contributed by atoms with Crippen LogP contribution in [0.2, 0.25) is 0 Å². The average molecular weight is 242 g/mol. The van der Waals surface area contributed by atoms with Crippen LogP contribution in [0.5, 0.6) is 0 Å². The highest BCUT2D eigenvalue weighted by Gasteiger charge is 2.15. The Morgan fingerprint density at radius 2 is 1.93 bits per heavy atom. The second-order valence-electron chi connectivity index (χ2n) is 3.88. The molecule has 1 atom stereocenters. The maximum atomic E-state index is 11.5. The van der Waals surface area contributed by atoms with E-state index in [1.54, 1.807) is 0 Å². The van der Waals surface area contributed by atoms with Gasteiger partial charge in [-0.2, -0.15) is 0 Å². The molecule has 0 aromatic heterocycles. The molecule has 0 aliphatic rings. The summed E-state index contributed by atoms with van der Waals surface area (Å²) in [7, 11) is -3.13. The average Bonchev–Trinajstić information content (AvgIpc) is 2.11. The topological polar surface area (TPSA) is 46.2 Å². The van der Waals surface area contributed by atoms with Crippen LogP contribution in [0.15, 0.2) is 0 Å². The molecule has 0 saturated carbocycles. The summed E-state index contributed by atoms with van der Waals surface area (Å²) in [6.07, 6.45) is 1.42. The van der Waals surface area contributed by atoms with Gasteiger partial charge in [0.2, 0.25) is 10.0 Å². The molecule has 0 aromatic rings. The van der Waals surface area contributed by atoms with Crippen LogP contribution in [0.1, 0.15) is 33.6 Å². The zero-order valence-electron chi connectivity index (χ0n) is 9.09. The normalized spacial score (nSPS) is 14.6. The first kappa shape index (κ1) is 14.2. The fraction of sp³-hybridized carbons (Fsp3) is 1.00. The highest BCUT2D eigenvalue weighted by Crippen LogP contribution is 2.04. The molecule has 0 rings (SSSR count). The summed E-state index contributed by atoms with van der Waals surface area (Å²) in [5.74, 6) is 0.929. The Bertz CT molecular complexity index is 235. The van der Waals surface area contributed by atoms with E-state index in [1.165, 1.54) is 0 Å². The quantitative estimate of drug-likeness (QED) is 0.693. The smallest absolute Gasteiger partial charge is 0.211 e. The zero-order chi connectivity index (χ0) is 11.2. The van der Waals surface area contributed by atoms with Gasteiger partial charge >= 0.3 is 0 Å². The molecular weight excluding hydrogens is 222 g/mol. The third-order valence-electron chi connectivity index (χ3n) is 1.99. The Morgan fingerprint density at radius 3 is 2.29 bits per heavy atom. The number of halogens is 1. The lowest BCUT2D eigenvalue weighted by atomic mass is 10.2. The Morgan fingerprint density at radius 1 is 1.36 bits per heavy atom. The van der Waals surface area contributed by atoms with Gasteiger partial charge < -0.3 is 0 Å². The zero-order valence-corrected chi connectivity index (χ0v) is 10.7. The maximum Gasteiger partial charge on any atom is 0.211 e. The summed E-state index contributed by atoms with van der Waals surface area (Å²) in [4.78, 5) is 0. The van der Waals surface area contributed by atoms with Gasteiger partial charge in [0.25, 0.3) is 0 Å². The van der Waals surface area contributed by atoms with Gasteiger partial charge in [0.05, 0.1) is 5.75 Å². The first-order chi connectivity index (χ1) is 6.41. The Hall–Kier alpha value is 0.200. The first-order valence-corrected chi connectivity index (χ1v) is 7.16. The van der Waals surface area contributed by atoms with Crippen LogP contribution in [0.4, 0.5) is 0 Å². The molecule has 0 bridgehead atoms. The van der Waals surface area contributed by atoms with Crippen molar-refractivity contribution in [2.45, 2.75) is 39.7 Å². The summed E-state index contributed by atoms with van der Waals surface area (Å²) < 4.78 is 25.6. The summed E-state index contributed by atoms with van der Waals surface area (Å²) in [5, 5.41) is 0. The van der Waals surface area contributed by atoms with E-state index in [1.807, 2.05) is 20.8 Å². The minimum atomic E-state index is -3.13. The summed E-state index contributed by atoms with van der Waals surface area (Å²) in [6.45, 7) is 5.93. The van der Waals surface area contributed by atoms with Gasteiger partial charge in [-0.3, -0.25) is 0 Å². The number of nitrogens with one attached hydrogen (secondary N) is 1. The van der Waals surface area contributed by atoms with Crippen LogP contribution in [-0.4, -0.2) is 26.1 Å². The van der Waals surface area contributed by atoms with Crippen LogP contribution in [-0.2, 0) is 10.0 Å². The minimum absolute atomic E-state index is 0.131. The minimum Gasteiger partial charge on any atom is -0.212 e. The third-order valence-corrected chi connectivity index (χ3v) is 3.83. The predicted octanol–water partition coefficient (Wildman–Crippen LogP) is 1.97. The molecule has 0 amide bonds. The van der Waals surface area contributed by atoms with E-state index >= 15 is 0 Å². The standard InChI is InChI=1S/C9H20ClNO2S/c1-4-9(7-10)11-14(12,13)6-5-8(2)3/h8-9,11H,4-7H2,1-3H3. The lowest BCUT2D eigenvalue weighted by Gasteiger charge is -2.14. The van der Waals surface area contributed by atoms with Crippen molar-refractivity contribution in [1.29, 1.82) is 0 Å². The van der Waals surface area contributed by atoms with Crippen molar-refractivity contribution in [3.05, 3.63) is 0 Å². The van der Waals surface area contributed by atoms with Crippen molar-refractivity contribution >= 4 is 21.6 Å². The number of rotatable bonds is 7. The fourth-order valence-electron chi connectivity index (χ4n) is 0.928. The van der Waals surface area contributed by atoms with Crippen molar-refractivity contribution in [3.8, 4) is 0 Å². The highest BCUT2D eigenvalue weighted by atomic mass is 35.5. The Balaban J connectivity index is 4.06. The predicted molar refractivity (Wildman–Crippen MR) is 61.2 cm³/mol. The molecule has 0 spiro atoms. The molecule has 0 aliphatic carbocycles. The van der Waals surface area contributed by atoms with Gasteiger partial charge in [-0.15, -0.1) is 11.6 Å². The van der Waals surface area contributed by atoms with E-state index in [2.05, 4.69) is 4.72 Å². The second kappa shape index (κ2) is 6.64. The Kier molecular flexibility index (Phi) is 6.74. The van der Waals surface area contributed by atoms with Gasteiger partial charge in [-0.1, -0.05) is 20.8 Å². The molecule has 0 aromatic carbocycles. The van der Waals surface area contributed by atoms with Crippen LogP contribution in [0.3, 0.4) is 0 Å². The van der Waals surface area contributed by atoms with Crippen molar-refractivity contribution < 1.29 is 8.42 Å². The highest BCUT2D eigenvalue weighted by molar-refractivity contribution is 7.89. The Labute approximate surface area is 92.3 Å². The summed E-state index contributed by atoms with van der Waals surface area (Å²) >= 11 is 5.61. The van der Waals surface area contributed by atoms with E-state index in [0.29, 0.717) is 18.2 Å².